The highest BCUT2D eigenvalue weighted by Crippen LogP contribution is 2.34. The van der Waals surface area contributed by atoms with Gasteiger partial charge in [-0.15, -0.1) is 0 Å². The van der Waals surface area contributed by atoms with E-state index in [4.69, 9.17) is 16.0 Å². The molecular weight excluding hydrogens is 272 g/mol. The zero-order valence-corrected chi connectivity index (χ0v) is 12.4. The van der Waals surface area contributed by atoms with Crippen LogP contribution in [0.15, 0.2) is 35.0 Å². The minimum absolute atomic E-state index is 0.230. The maximum atomic E-state index is 6.21. The minimum Gasteiger partial charge on any atom is -0.454 e. The largest absolute Gasteiger partial charge is 0.454 e. The van der Waals surface area contributed by atoms with Crippen LogP contribution in [0.25, 0.3) is 22.4 Å². The fraction of sp³-hybridized carbons (Fsp3) is 0.250. The number of benzene rings is 1. The lowest BCUT2D eigenvalue weighted by Crippen LogP contribution is -1.98. The molecule has 0 saturated heterocycles. The first-order chi connectivity index (χ1) is 9.56. The summed E-state index contributed by atoms with van der Waals surface area (Å²) in [5.41, 5.74) is 3.75. The highest BCUT2D eigenvalue weighted by molar-refractivity contribution is 6.30. The lowest BCUT2D eigenvalue weighted by Gasteiger charge is -2.10. The smallest absolute Gasteiger partial charge is 0.154 e. The standard InChI is InChI=1S/C16H15ClN2O/c1-9(2)14-15(18-8-19-16(14)17)13-7-11-6-10(3)4-5-12(11)20-13/h4-9H,1-3H3. The van der Waals surface area contributed by atoms with E-state index < -0.39 is 0 Å². The molecule has 0 bridgehead atoms. The Balaban J connectivity index is 2.23. The molecule has 0 aliphatic rings. The van der Waals surface area contributed by atoms with Crippen LogP contribution in [0.1, 0.15) is 30.9 Å². The average molecular weight is 287 g/mol. The van der Waals surface area contributed by atoms with Crippen LogP contribution in [0.4, 0.5) is 0 Å². The van der Waals surface area contributed by atoms with E-state index in [1.165, 1.54) is 11.9 Å². The van der Waals surface area contributed by atoms with Crippen molar-refractivity contribution in [3.8, 4) is 11.5 Å². The normalized spacial score (nSPS) is 11.4. The molecule has 3 rings (SSSR count). The lowest BCUT2D eigenvalue weighted by atomic mass is 10.0. The van der Waals surface area contributed by atoms with Gasteiger partial charge in [0.25, 0.3) is 0 Å². The highest BCUT2D eigenvalue weighted by Gasteiger charge is 2.18. The van der Waals surface area contributed by atoms with E-state index in [-0.39, 0.29) is 5.92 Å². The summed E-state index contributed by atoms with van der Waals surface area (Å²) >= 11 is 6.21. The monoisotopic (exact) mass is 286 g/mol. The number of rotatable bonds is 2. The first kappa shape index (κ1) is 13.1. The Morgan fingerprint density at radius 2 is 1.95 bits per heavy atom. The van der Waals surface area contributed by atoms with Crippen LogP contribution in [0.5, 0.6) is 0 Å². The van der Waals surface area contributed by atoms with E-state index >= 15 is 0 Å². The highest BCUT2D eigenvalue weighted by atomic mass is 35.5. The Morgan fingerprint density at radius 1 is 1.15 bits per heavy atom. The molecule has 0 N–H and O–H groups in total. The summed E-state index contributed by atoms with van der Waals surface area (Å²) in [7, 11) is 0. The number of aryl methyl sites for hydroxylation is 1. The number of nitrogens with zero attached hydrogens (tertiary/aromatic N) is 2. The zero-order chi connectivity index (χ0) is 14.3. The van der Waals surface area contributed by atoms with Crippen LogP contribution >= 0.6 is 11.6 Å². The number of hydrogen-bond acceptors (Lipinski definition) is 3. The van der Waals surface area contributed by atoms with Crippen LogP contribution in [0.3, 0.4) is 0 Å². The van der Waals surface area contributed by atoms with E-state index in [1.54, 1.807) is 0 Å². The number of fused-ring (bicyclic) bond motifs is 1. The predicted molar refractivity (Wildman–Crippen MR) is 81.1 cm³/mol. The number of aromatic nitrogens is 2. The van der Waals surface area contributed by atoms with Crippen molar-refractivity contribution < 1.29 is 4.42 Å². The summed E-state index contributed by atoms with van der Waals surface area (Å²) < 4.78 is 5.91. The van der Waals surface area contributed by atoms with E-state index in [0.717, 1.165) is 28.0 Å². The van der Waals surface area contributed by atoms with Crippen LogP contribution < -0.4 is 0 Å². The van der Waals surface area contributed by atoms with Gasteiger partial charge in [-0.1, -0.05) is 37.1 Å². The second-order valence-corrected chi connectivity index (χ2v) is 5.59. The Kier molecular flexibility index (Phi) is 3.22. The minimum atomic E-state index is 0.230. The molecule has 102 valence electrons. The number of furan rings is 1. The van der Waals surface area contributed by atoms with Gasteiger partial charge in [-0.05, 0) is 31.0 Å². The van der Waals surface area contributed by atoms with Gasteiger partial charge in [0, 0.05) is 10.9 Å². The second-order valence-electron chi connectivity index (χ2n) is 5.23. The maximum Gasteiger partial charge on any atom is 0.154 e. The topological polar surface area (TPSA) is 38.9 Å². The molecule has 3 nitrogen and oxygen atoms in total. The fourth-order valence-electron chi connectivity index (χ4n) is 2.36. The third-order valence-corrected chi connectivity index (χ3v) is 3.62. The van der Waals surface area contributed by atoms with E-state index in [2.05, 4.69) is 36.8 Å². The molecule has 0 spiro atoms. The summed E-state index contributed by atoms with van der Waals surface area (Å²) in [5, 5.41) is 1.56. The lowest BCUT2D eigenvalue weighted by molar-refractivity contribution is 0.625. The third-order valence-electron chi connectivity index (χ3n) is 3.32. The van der Waals surface area contributed by atoms with Crippen LogP contribution in [0.2, 0.25) is 5.15 Å². The molecule has 0 saturated carbocycles. The summed E-state index contributed by atoms with van der Waals surface area (Å²) in [4.78, 5) is 8.43. The van der Waals surface area contributed by atoms with Crippen molar-refractivity contribution in [2.45, 2.75) is 26.7 Å². The number of halogens is 1. The second kappa shape index (κ2) is 4.91. The molecule has 2 aromatic heterocycles. The summed E-state index contributed by atoms with van der Waals surface area (Å²) in [6.07, 6.45) is 1.47. The molecule has 3 aromatic rings. The molecule has 4 heteroatoms. The molecule has 2 heterocycles. The predicted octanol–water partition coefficient (Wildman–Crippen LogP) is 4.98. The van der Waals surface area contributed by atoms with Gasteiger partial charge in [0.05, 0.1) is 0 Å². The fourth-order valence-corrected chi connectivity index (χ4v) is 2.71. The van der Waals surface area contributed by atoms with Gasteiger partial charge in [-0.2, -0.15) is 0 Å². The number of hydrogen-bond donors (Lipinski definition) is 0. The Labute approximate surface area is 122 Å². The third kappa shape index (κ3) is 2.18. The molecule has 0 unspecified atom stereocenters. The molecule has 0 radical (unpaired) electrons. The molecular formula is C16H15ClN2O. The van der Waals surface area contributed by atoms with Crippen molar-refractivity contribution in [1.82, 2.24) is 9.97 Å². The van der Waals surface area contributed by atoms with Gasteiger partial charge < -0.3 is 4.42 Å². The Bertz CT molecular complexity index is 777. The summed E-state index contributed by atoms with van der Waals surface area (Å²) in [6.45, 7) is 6.20. The van der Waals surface area contributed by atoms with Crippen LogP contribution in [-0.2, 0) is 0 Å². The van der Waals surface area contributed by atoms with E-state index in [0.29, 0.717) is 5.15 Å². The van der Waals surface area contributed by atoms with Crippen molar-refractivity contribution in [2.24, 2.45) is 0 Å². The first-order valence-electron chi connectivity index (χ1n) is 6.57. The first-order valence-corrected chi connectivity index (χ1v) is 6.95. The van der Waals surface area contributed by atoms with Crippen molar-refractivity contribution in [1.29, 1.82) is 0 Å². The Hall–Kier alpha value is -1.87. The van der Waals surface area contributed by atoms with Gasteiger partial charge in [0.2, 0.25) is 0 Å². The molecule has 1 aromatic carbocycles. The van der Waals surface area contributed by atoms with Crippen molar-refractivity contribution in [3.05, 3.63) is 46.9 Å². The zero-order valence-electron chi connectivity index (χ0n) is 11.6. The molecule has 0 aliphatic heterocycles. The van der Waals surface area contributed by atoms with Crippen molar-refractivity contribution in [3.63, 3.8) is 0 Å². The van der Waals surface area contributed by atoms with Crippen LogP contribution in [0, 0.1) is 6.92 Å². The van der Waals surface area contributed by atoms with Crippen molar-refractivity contribution >= 4 is 22.6 Å². The summed E-state index contributed by atoms with van der Waals surface area (Å²) in [6, 6.07) is 8.12. The maximum absolute atomic E-state index is 6.21. The molecule has 20 heavy (non-hydrogen) atoms. The molecule has 0 amide bonds. The van der Waals surface area contributed by atoms with Gasteiger partial charge in [0.15, 0.2) is 5.76 Å². The van der Waals surface area contributed by atoms with E-state index in [1.807, 2.05) is 18.2 Å². The van der Waals surface area contributed by atoms with Crippen molar-refractivity contribution in [2.75, 3.05) is 0 Å². The average Bonchev–Trinajstić information content (AvgIpc) is 2.80. The SMILES string of the molecule is Cc1ccc2oc(-c3ncnc(Cl)c3C(C)C)cc2c1. The summed E-state index contributed by atoms with van der Waals surface area (Å²) in [5.74, 6) is 0.965. The van der Waals surface area contributed by atoms with Gasteiger partial charge in [-0.3, -0.25) is 0 Å². The van der Waals surface area contributed by atoms with Gasteiger partial charge in [-0.25, -0.2) is 9.97 Å². The quantitative estimate of drug-likeness (QED) is 0.624. The Morgan fingerprint density at radius 3 is 2.70 bits per heavy atom. The molecule has 0 fully saturated rings. The van der Waals surface area contributed by atoms with Gasteiger partial charge in [0.1, 0.15) is 22.8 Å². The van der Waals surface area contributed by atoms with Crippen LogP contribution in [-0.4, -0.2) is 9.97 Å². The van der Waals surface area contributed by atoms with E-state index in [9.17, 15) is 0 Å². The molecule has 0 aliphatic carbocycles. The molecule has 0 atom stereocenters. The van der Waals surface area contributed by atoms with Gasteiger partial charge >= 0.3 is 0 Å².